The number of ether oxygens (including phenoxy) is 1. The van der Waals surface area contributed by atoms with Crippen molar-refractivity contribution >= 4 is 0 Å². The van der Waals surface area contributed by atoms with Gasteiger partial charge in [-0.3, -0.25) is 0 Å². The first-order valence-electron chi connectivity index (χ1n) is 12.9. The minimum atomic E-state index is -1.26. The van der Waals surface area contributed by atoms with E-state index >= 15 is 0 Å². The molecule has 33 heavy (non-hydrogen) atoms. The Hall–Kier alpha value is -1.97. The SMILES string of the molecule is CCCCC1CCC(C2CCC(c3ccc(-c4cc(F)c(OCF)c(F)c4)cc3)CC2)CC1. The minimum Gasteiger partial charge on any atom is -0.457 e. The van der Waals surface area contributed by atoms with Crippen LogP contribution in [0.3, 0.4) is 0 Å². The molecule has 180 valence electrons. The lowest BCUT2D eigenvalue weighted by Gasteiger charge is -2.38. The lowest BCUT2D eigenvalue weighted by Crippen LogP contribution is -2.25. The molecule has 2 fully saturated rings. The van der Waals surface area contributed by atoms with Crippen molar-refractivity contribution in [2.45, 2.75) is 83.5 Å². The predicted octanol–water partition coefficient (Wildman–Crippen LogP) is 9.21. The third-order valence-electron chi connectivity index (χ3n) is 8.21. The summed E-state index contributed by atoms with van der Waals surface area (Å²) >= 11 is 0. The zero-order valence-corrected chi connectivity index (χ0v) is 19.8. The van der Waals surface area contributed by atoms with E-state index in [4.69, 9.17) is 0 Å². The Balaban J connectivity index is 1.31. The van der Waals surface area contributed by atoms with Crippen LogP contribution in [0.4, 0.5) is 13.2 Å². The summed E-state index contributed by atoms with van der Waals surface area (Å²) in [5.41, 5.74) is 2.50. The van der Waals surface area contributed by atoms with Crippen molar-refractivity contribution in [3.05, 3.63) is 53.6 Å². The quantitative estimate of drug-likeness (QED) is 0.383. The standard InChI is InChI=1S/C29H37F3O/c1-2-3-4-20-5-7-21(8-6-20)22-9-11-23(12-10-22)24-13-15-25(16-14-24)26-17-27(31)29(33-19-30)28(32)18-26/h13-18,20-23H,2-12,19H2,1H3. The van der Waals surface area contributed by atoms with Gasteiger partial charge in [-0.15, -0.1) is 0 Å². The zero-order valence-electron chi connectivity index (χ0n) is 19.8. The normalized spacial score (nSPS) is 25.7. The molecule has 0 N–H and O–H groups in total. The van der Waals surface area contributed by atoms with Crippen LogP contribution in [0.1, 0.15) is 89.0 Å². The van der Waals surface area contributed by atoms with Crippen LogP contribution in [0.25, 0.3) is 11.1 Å². The van der Waals surface area contributed by atoms with E-state index in [1.807, 2.05) is 12.1 Å². The number of hydrogen-bond acceptors (Lipinski definition) is 1. The molecule has 0 aromatic heterocycles. The van der Waals surface area contributed by atoms with Gasteiger partial charge in [-0.2, -0.15) is 0 Å². The van der Waals surface area contributed by atoms with Gasteiger partial charge in [-0.1, -0.05) is 63.3 Å². The van der Waals surface area contributed by atoms with Crippen molar-refractivity contribution in [2.24, 2.45) is 17.8 Å². The molecular formula is C29H37F3O. The first kappa shape index (κ1) is 24.2. The predicted molar refractivity (Wildman–Crippen MR) is 128 cm³/mol. The summed E-state index contributed by atoms with van der Waals surface area (Å²) in [4.78, 5) is 0. The molecule has 2 aliphatic rings. The van der Waals surface area contributed by atoms with E-state index in [1.165, 1.54) is 88.3 Å². The third-order valence-corrected chi connectivity index (χ3v) is 8.21. The summed E-state index contributed by atoms with van der Waals surface area (Å²) in [5, 5.41) is 0. The maximum Gasteiger partial charge on any atom is 0.228 e. The van der Waals surface area contributed by atoms with Gasteiger partial charge >= 0.3 is 0 Å². The molecule has 0 aliphatic heterocycles. The number of halogens is 3. The van der Waals surface area contributed by atoms with E-state index in [-0.39, 0.29) is 0 Å². The average molecular weight is 459 g/mol. The van der Waals surface area contributed by atoms with Crippen LogP contribution in [0.15, 0.2) is 36.4 Å². The molecule has 0 amide bonds. The molecule has 2 aromatic rings. The zero-order chi connectivity index (χ0) is 23.2. The van der Waals surface area contributed by atoms with Crippen LogP contribution in [0.2, 0.25) is 0 Å². The van der Waals surface area contributed by atoms with Crippen molar-refractivity contribution in [1.29, 1.82) is 0 Å². The molecule has 0 heterocycles. The van der Waals surface area contributed by atoms with E-state index in [1.54, 1.807) is 0 Å². The molecule has 2 saturated carbocycles. The number of benzene rings is 2. The molecule has 0 saturated heterocycles. The Kier molecular flexibility index (Phi) is 8.38. The van der Waals surface area contributed by atoms with Crippen molar-refractivity contribution in [3.63, 3.8) is 0 Å². The highest BCUT2D eigenvalue weighted by Gasteiger charge is 2.31. The fourth-order valence-electron chi connectivity index (χ4n) is 6.23. The minimum absolute atomic E-state index is 0.431. The molecule has 0 atom stereocenters. The van der Waals surface area contributed by atoms with Crippen molar-refractivity contribution < 1.29 is 17.9 Å². The van der Waals surface area contributed by atoms with Crippen LogP contribution in [0, 0.1) is 29.4 Å². The maximum absolute atomic E-state index is 14.1. The van der Waals surface area contributed by atoms with Crippen LogP contribution in [-0.2, 0) is 0 Å². The summed E-state index contributed by atoms with van der Waals surface area (Å²) in [6, 6.07) is 10.5. The second-order valence-corrected chi connectivity index (χ2v) is 10.2. The average Bonchev–Trinajstić information content (AvgIpc) is 2.85. The number of alkyl halides is 1. The van der Waals surface area contributed by atoms with E-state index < -0.39 is 24.2 Å². The summed E-state index contributed by atoms with van der Waals surface area (Å²) in [6.45, 7) is 1.03. The fraction of sp³-hybridized carbons (Fsp3) is 0.586. The Morgan fingerprint density at radius 1 is 0.788 bits per heavy atom. The van der Waals surface area contributed by atoms with Gasteiger partial charge < -0.3 is 4.74 Å². The van der Waals surface area contributed by atoms with Gasteiger partial charge in [-0.05, 0) is 91.0 Å². The summed E-state index contributed by atoms with van der Waals surface area (Å²) in [6.07, 6.45) is 15.0. The number of unbranched alkanes of at least 4 members (excludes halogenated alkanes) is 1. The molecule has 2 aliphatic carbocycles. The van der Waals surface area contributed by atoms with Crippen molar-refractivity contribution in [2.75, 3.05) is 6.86 Å². The van der Waals surface area contributed by atoms with Gasteiger partial charge in [0.1, 0.15) is 0 Å². The molecule has 2 aromatic carbocycles. The molecule has 0 spiro atoms. The highest BCUT2D eigenvalue weighted by atomic mass is 19.1. The molecule has 4 rings (SSSR count). The van der Waals surface area contributed by atoms with Crippen molar-refractivity contribution in [1.82, 2.24) is 0 Å². The van der Waals surface area contributed by atoms with Gasteiger partial charge in [0.25, 0.3) is 0 Å². The molecule has 1 nitrogen and oxygen atoms in total. The Bertz CT molecular complexity index is 855. The maximum atomic E-state index is 14.1. The van der Waals surface area contributed by atoms with E-state index in [9.17, 15) is 13.2 Å². The van der Waals surface area contributed by atoms with Crippen LogP contribution < -0.4 is 4.74 Å². The smallest absolute Gasteiger partial charge is 0.228 e. The van der Waals surface area contributed by atoms with Crippen LogP contribution >= 0.6 is 0 Å². The molecular weight excluding hydrogens is 421 g/mol. The largest absolute Gasteiger partial charge is 0.457 e. The first-order chi connectivity index (χ1) is 16.1. The van der Waals surface area contributed by atoms with Crippen LogP contribution in [0.5, 0.6) is 5.75 Å². The second kappa shape index (κ2) is 11.4. The molecule has 0 bridgehead atoms. The van der Waals surface area contributed by atoms with E-state index in [0.29, 0.717) is 11.5 Å². The lowest BCUT2D eigenvalue weighted by molar-refractivity contribution is 0.156. The monoisotopic (exact) mass is 458 g/mol. The van der Waals surface area contributed by atoms with Gasteiger partial charge in [0.15, 0.2) is 17.4 Å². The Labute approximate surface area is 196 Å². The third kappa shape index (κ3) is 5.94. The van der Waals surface area contributed by atoms with Gasteiger partial charge in [0, 0.05) is 0 Å². The summed E-state index contributed by atoms with van der Waals surface area (Å²) in [7, 11) is 0. The summed E-state index contributed by atoms with van der Waals surface area (Å²) in [5.74, 6) is 0.942. The Morgan fingerprint density at radius 2 is 1.36 bits per heavy atom. The number of rotatable bonds is 8. The van der Waals surface area contributed by atoms with E-state index in [0.717, 1.165) is 23.3 Å². The highest BCUT2D eigenvalue weighted by Crippen LogP contribution is 2.44. The van der Waals surface area contributed by atoms with Gasteiger partial charge in [0.05, 0.1) is 0 Å². The first-order valence-corrected chi connectivity index (χ1v) is 12.9. The Morgan fingerprint density at radius 3 is 1.91 bits per heavy atom. The van der Waals surface area contributed by atoms with Crippen molar-refractivity contribution in [3.8, 4) is 16.9 Å². The second-order valence-electron chi connectivity index (χ2n) is 10.2. The molecule has 0 unspecified atom stereocenters. The summed E-state index contributed by atoms with van der Waals surface area (Å²) < 4.78 is 44.9. The van der Waals surface area contributed by atoms with Gasteiger partial charge in [-0.25, -0.2) is 13.2 Å². The lowest BCUT2D eigenvalue weighted by atomic mass is 9.68. The van der Waals surface area contributed by atoms with Crippen LogP contribution in [-0.4, -0.2) is 6.86 Å². The molecule has 0 radical (unpaired) electrons. The van der Waals surface area contributed by atoms with Gasteiger partial charge in [0.2, 0.25) is 6.86 Å². The van der Waals surface area contributed by atoms with E-state index in [2.05, 4.69) is 23.8 Å². The highest BCUT2D eigenvalue weighted by molar-refractivity contribution is 5.65. The topological polar surface area (TPSA) is 9.23 Å². The number of hydrogen-bond donors (Lipinski definition) is 0. The molecule has 4 heteroatoms. The fourth-order valence-corrected chi connectivity index (χ4v) is 6.23.